The Kier molecular flexibility index (Phi) is 5.99. The van der Waals surface area contributed by atoms with E-state index in [1.807, 2.05) is 0 Å². The second-order valence-electron chi connectivity index (χ2n) is 7.55. The number of hydrogen-bond acceptors (Lipinski definition) is 7. The lowest BCUT2D eigenvalue weighted by molar-refractivity contribution is -0.121. The molecule has 3 aromatic heterocycles. The van der Waals surface area contributed by atoms with E-state index in [0.717, 1.165) is 11.3 Å². The molecule has 172 valence electrons. The van der Waals surface area contributed by atoms with Crippen molar-refractivity contribution in [2.24, 2.45) is 0 Å². The van der Waals surface area contributed by atoms with Gasteiger partial charge in [-0.3, -0.25) is 14.4 Å². The van der Waals surface area contributed by atoms with Gasteiger partial charge in [0.2, 0.25) is 5.91 Å². The monoisotopic (exact) mass is 505 g/mol. The van der Waals surface area contributed by atoms with E-state index in [4.69, 9.17) is 0 Å². The summed E-state index contributed by atoms with van der Waals surface area (Å²) in [6.45, 7) is 0.894. The fraction of sp³-hybridized carbons (Fsp3) is 0.286. The molecular formula is C21H20FN5O3S3. The number of carbonyl (C=O) groups is 1. The molecule has 0 radical (unpaired) electrons. The summed E-state index contributed by atoms with van der Waals surface area (Å²) in [7, 11) is -3.78. The van der Waals surface area contributed by atoms with Gasteiger partial charge in [0, 0.05) is 25.5 Å². The Morgan fingerprint density at radius 1 is 1.24 bits per heavy atom. The van der Waals surface area contributed by atoms with Crippen LogP contribution in [0.5, 0.6) is 0 Å². The standard InChI is InChI=1S/C21H20FN5O3S3/c22-15-5-1-7-17-19(15)24-21(32-17)26(13-12-25-10-4-9-23-25)20(28)16-6-2-11-27(16)33(29,30)18-8-3-14-31-18/h1,3-5,7-10,14,16H,2,6,11-13H2. The highest BCUT2D eigenvalue weighted by molar-refractivity contribution is 7.91. The van der Waals surface area contributed by atoms with Crippen LogP contribution in [0.4, 0.5) is 9.52 Å². The normalized spacial score (nSPS) is 17.1. The molecule has 12 heteroatoms. The minimum absolute atomic E-state index is 0.198. The van der Waals surface area contributed by atoms with E-state index >= 15 is 0 Å². The third kappa shape index (κ3) is 4.19. The third-order valence-electron chi connectivity index (χ3n) is 5.51. The van der Waals surface area contributed by atoms with Gasteiger partial charge in [0.05, 0.1) is 11.2 Å². The van der Waals surface area contributed by atoms with Crippen LogP contribution in [0, 0.1) is 5.82 Å². The number of rotatable bonds is 7. The number of aromatic nitrogens is 3. The van der Waals surface area contributed by atoms with Crippen molar-refractivity contribution in [3.05, 3.63) is 60.0 Å². The highest BCUT2D eigenvalue weighted by Crippen LogP contribution is 2.34. The molecule has 0 N–H and O–H groups in total. The summed E-state index contributed by atoms with van der Waals surface area (Å²) in [5, 5.41) is 6.22. The lowest BCUT2D eigenvalue weighted by Gasteiger charge is -2.28. The number of halogens is 1. The lowest BCUT2D eigenvalue weighted by atomic mass is 10.2. The Hall–Kier alpha value is -2.67. The molecule has 0 saturated carbocycles. The molecule has 1 amide bonds. The summed E-state index contributed by atoms with van der Waals surface area (Å²) in [5.74, 6) is -0.823. The molecular weight excluding hydrogens is 485 g/mol. The van der Waals surface area contributed by atoms with Crippen molar-refractivity contribution >= 4 is 54.0 Å². The first-order chi connectivity index (χ1) is 15.9. The molecule has 1 aliphatic rings. The van der Waals surface area contributed by atoms with Crippen LogP contribution < -0.4 is 4.90 Å². The van der Waals surface area contributed by atoms with Gasteiger partial charge in [-0.1, -0.05) is 23.5 Å². The van der Waals surface area contributed by atoms with Gasteiger partial charge in [0.15, 0.2) is 5.13 Å². The van der Waals surface area contributed by atoms with E-state index in [1.54, 1.807) is 52.8 Å². The van der Waals surface area contributed by atoms with Gasteiger partial charge in [0.25, 0.3) is 10.0 Å². The molecule has 4 aromatic rings. The Morgan fingerprint density at radius 2 is 2.12 bits per heavy atom. The second kappa shape index (κ2) is 8.93. The largest absolute Gasteiger partial charge is 0.285 e. The van der Waals surface area contributed by atoms with Crippen molar-refractivity contribution in [1.82, 2.24) is 19.1 Å². The highest BCUT2D eigenvalue weighted by atomic mass is 32.2. The van der Waals surface area contributed by atoms with E-state index in [2.05, 4.69) is 10.1 Å². The van der Waals surface area contributed by atoms with Crippen molar-refractivity contribution in [2.75, 3.05) is 18.0 Å². The van der Waals surface area contributed by atoms with Crippen LogP contribution in [0.15, 0.2) is 58.4 Å². The number of thiazole rings is 1. The Labute approximate surface area is 197 Å². The van der Waals surface area contributed by atoms with Crippen LogP contribution in [-0.2, 0) is 21.4 Å². The number of anilines is 1. The first kappa shape index (κ1) is 22.1. The average Bonchev–Trinajstić information content (AvgIpc) is 3.61. The molecule has 4 heterocycles. The Balaban J connectivity index is 1.49. The molecule has 1 unspecified atom stereocenters. The Morgan fingerprint density at radius 3 is 2.85 bits per heavy atom. The maximum Gasteiger partial charge on any atom is 0.253 e. The van der Waals surface area contributed by atoms with Gasteiger partial charge in [0.1, 0.15) is 21.6 Å². The number of fused-ring (bicyclic) bond motifs is 1. The second-order valence-corrected chi connectivity index (χ2v) is 11.6. The van der Waals surface area contributed by atoms with Crippen molar-refractivity contribution in [3.8, 4) is 0 Å². The zero-order chi connectivity index (χ0) is 23.0. The molecule has 0 aliphatic carbocycles. The van der Waals surface area contributed by atoms with Crippen LogP contribution >= 0.6 is 22.7 Å². The highest BCUT2D eigenvalue weighted by Gasteiger charge is 2.42. The molecule has 5 rings (SSSR count). The SMILES string of the molecule is O=C(C1CCCN1S(=O)(=O)c1cccs1)N(CCn1cccn1)c1nc2c(F)cccc2s1. The molecule has 1 fully saturated rings. The number of carbonyl (C=O) groups excluding carboxylic acids is 1. The van der Waals surface area contributed by atoms with Crippen LogP contribution in [-0.4, -0.2) is 52.5 Å². The predicted octanol–water partition coefficient (Wildman–Crippen LogP) is 3.58. The molecule has 1 aromatic carbocycles. The van der Waals surface area contributed by atoms with Crippen molar-refractivity contribution in [3.63, 3.8) is 0 Å². The van der Waals surface area contributed by atoms with Gasteiger partial charge >= 0.3 is 0 Å². The van der Waals surface area contributed by atoms with Gasteiger partial charge in [-0.25, -0.2) is 17.8 Å². The molecule has 33 heavy (non-hydrogen) atoms. The minimum atomic E-state index is -3.78. The van der Waals surface area contributed by atoms with Gasteiger partial charge < -0.3 is 0 Å². The minimum Gasteiger partial charge on any atom is -0.285 e. The van der Waals surface area contributed by atoms with Crippen LogP contribution in [0.1, 0.15) is 12.8 Å². The topological polar surface area (TPSA) is 88.4 Å². The first-order valence-electron chi connectivity index (χ1n) is 10.3. The zero-order valence-electron chi connectivity index (χ0n) is 17.4. The third-order valence-corrected chi connectivity index (χ3v) is 9.84. The van der Waals surface area contributed by atoms with Crippen LogP contribution in [0.3, 0.4) is 0 Å². The Bertz CT molecular complexity index is 1370. The van der Waals surface area contributed by atoms with Crippen LogP contribution in [0.25, 0.3) is 10.2 Å². The maximum absolute atomic E-state index is 14.3. The summed E-state index contributed by atoms with van der Waals surface area (Å²) in [5.41, 5.74) is 0.198. The summed E-state index contributed by atoms with van der Waals surface area (Å²) >= 11 is 2.34. The van der Waals surface area contributed by atoms with Gasteiger partial charge in [-0.05, 0) is 42.5 Å². The lowest BCUT2D eigenvalue weighted by Crippen LogP contribution is -2.48. The molecule has 8 nitrogen and oxygen atoms in total. The van der Waals surface area contributed by atoms with Crippen LogP contribution in [0.2, 0.25) is 0 Å². The molecule has 0 bridgehead atoms. The quantitative estimate of drug-likeness (QED) is 0.383. The molecule has 0 spiro atoms. The number of thiophene rings is 1. The van der Waals surface area contributed by atoms with E-state index in [-0.39, 0.29) is 28.7 Å². The van der Waals surface area contributed by atoms with E-state index in [1.165, 1.54) is 26.6 Å². The number of benzene rings is 1. The van der Waals surface area contributed by atoms with Gasteiger partial charge in [-0.2, -0.15) is 9.40 Å². The van der Waals surface area contributed by atoms with Gasteiger partial charge in [-0.15, -0.1) is 11.3 Å². The molecule has 1 saturated heterocycles. The number of amides is 1. The molecule has 1 atom stereocenters. The predicted molar refractivity (Wildman–Crippen MR) is 125 cm³/mol. The van der Waals surface area contributed by atoms with Crippen molar-refractivity contribution in [2.45, 2.75) is 29.6 Å². The first-order valence-corrected chi connectivity index (χ1v) is 13.5. The summed E-state index contributed by atoms with van der Waals surface area (Å²) < 4.78 is 44.5. The van der Waals surface area contributed by atoms with E-state index in [0.29, 0.717) is 29.2 Å². The number of nitrogens with zero attached hydrogens (tertiary/aromatic N) is 5. The van der Waals surface area contributed by atoms with Crippen molar-refractivity contribution in [1.29, 1.82) is 0 Å². The number of hydrogen-bond donors (Lipinski definition) is 0. The maximum atomic E-state index is 14.3. The molecule has 1 aliphatic heterocycles. The number of sulfonamides is 1. The average molecular weight is 506 g/mol. The number of para-hydroxylation sites is 1. The van der Waals surface area contributed by atoms with E-state index in [9.17, 15) is 17.6 Å². The summed E-state index contributed by atoms with van der Waals surface area (Å²) in [6, 6.07) is 8.84. The van der Waals surface area contributed by atoms with E-state index < -0.39 is 21.9 Å². The summed E-state index contributed by atoms with van der Waals surface area (Å²) in [4.78, 5) is 19.6. The fourth-order valence-electron chi connectivity index (χ4n) is 3.93. The zero-order valence-corrected chi connectivity index (χ0v) is 19.8. The smallest absolute Gasteiger partial charge is 0.253 e. The van der Waals surface area contributed by atoms with Crippen molar-refractivity contribution < 1.29 is 17.6 Å². The fourth-order valence-corrected chi connectivity index (χ4v) is 7.72. The summed E-state index contributed by atoms with van der Waals surface area (Å²) in [6.07, 6.45) is 4.43.